The molecule has 234 valence electrons. The van der Waals surface area contributed by atoms with Crippen molar-refractivity contribution in [1.82, 2.24) is 4.57 Å². The number of benzene rings is 8. The summed E-state index contributed by atoms with van der Waals surface area (Å²) in [5, 5.41) is 6.94. The first kappa shape index (κ1) is 27.2. The third-order valence-electron chi connectivity index (χ3n) is 10.2. The maximum Gasteiger partial charge on any atom is 0.160 e. The Morgan fingerprint density at radius 1 is 0.340 bits per heavy atom. The van der Waals surface area contributed by atoms with Crippen molar-refractivity contribution in [1.29, 1.82) is 0 Å². The molecule has 3 heterocycles. The van der Waals surface area contributed by atoms with Crippen LogP contribution in [-0.4, -0.2) is 4.57 Å². The van der Waals surface area contributed by atoms with Crippen LogP contribution in [0.2, 0.25) is 0 Å². The average molecular weight is 640 g/mol. The SMILES string of the molecule is c1ccc(N2c3ccc(-n4c5ccccc5c5ccccc54)c(c3)N(c3ccccc3)c3c4ccccc4cc4c3oc3c2cccc34)cc1. The largest absolute Gasteiger partial charge is 0.452 e. The van der Waals surface area contributed by atoms with Crippen molar-refractivity contribution in [3.05, 3.63) is 176 Å². The summed E-state index contributed by atoms with van der Waals surface area (Å²) in [5.74, 6) is 0. The minimum absolute atomic E-state index is 0.864. The zero-order valence-electron chi connectivity index (χ0n) is 27.0. The van der Waals surface area contributed by atoms with E-state index < -0.39 is 0 Å². The monoisotopic (exact) mass is 639 g/mol. The molecule has 0 radical (unpaired) electrons. The van der Waals surface area contributed by atoms with Crippen molar-refractivity contribution in [3.63, 3.8) is 0 Å². The summed E-state index contributed by atoms with van der Waals surface area (Å²) < 4.78 is 9.60. The van der Waals surface area contributed by atoms with Gasteiger partial charge in [-0.1, -0.05) is 109 Å². The molecule has 0 fully saturated rings. The molecule has 0 saturated heterocycles. The molecule has 11 rings (SSSR count). The normalized spacial score (nSPS) is 12.7. The van der Waals surface area contributed by atoms with E-state index in [1.165, 1.54) is 10.8 Å². The van der Waals surface area contributed by atoms with Crippen molar-refractivity contribution in [2.75, 3.05) is 9.80 Å². The van der Waals surface area contributed by atoms with Crippen LogP contribution in [0.4, 0.5) is 34.1 Å². The second kappa shape index (κ2) is 10.4. The lowest BCUT2D eigenvalue weighted by molar-refractivity contribution is 0.669. The summed E-state index contributed by atoms with van der Waals surface area (Å²) in [6, 6.07) is 63.2. The molecule has 0 saturated carbocycles. The van der Waals surface area contributed by atoms with E-state index >= 15 is 0 Å². The summed E-state index contributed by atoms with van der Waals surface area (Å²) in [6.07, 6.45) is 0. The highest BCUT2D eigenvalue weighted by Gasteiger charge is 2.30. The molecule has 1 aliphatic rings. The molecule has 4 heteroatoms. The Bertz CT molecular complexity index is 2890. The quantitative estimate of drug-likeness (QED) is 0.192. The smallest absolute Gasteiger partial charge is 0.160 e. The van der Waals surface area contributed by atoms with Crippen molar-refractivity contribution >= 4 is 88.6 Å². The highest BCUT2D eigenvalue weighted by Crippen LogP contribution is 2.53. The Morgan fingerprint density at radius 3 is 1.66 bits per heavy atom. The molecule has 0 unspecified atom stereocenters. The maximum atomic E-state index is 7.17. The lowest BCUT2D eigenvalue weighted by Gasteiger charge is -2.32. The number of hydrogen-bond acceptors (Lipinski definition) is 3. The summed E-state index contributed by atoms with van der Waals surface area (Å²) in [4.78, 5) is 4.75. The third-order valence-corrected chi connectivity index (χ3v) is 10.2. The van der Waals surface area contributed by atoms with Gasteiger partial charge in [-0.15, -0.1) is 0 Å². The Labute approximate surface area is 288 Å². The van der Waals surface area contributed by atoms with Crippen LogP contribution in [0.25, 0.3) is 60.2 Å². The van der Waals surface area contributed by atoms with Gasteiger partial charge in [0.25, 0.3) is 0 Å². The lowest BCUT2D eigenvalue weighted by atomic mass is 10.0. The predicted molar refractivity (Wildman–Crippen MR) is 208 cm³/mol. The first-order chi connectivity index (χ1) is 24.8. The van der Waals surface area contributed by atoms with Gasteiger partial charge in [0.2, 0.25) is 0 Å². The summed E-state index contributed by atoms with van der Waals surface area (Å²) in [7, 11) is 0. The van der Waals surface area contributed by atoms with E-state index in [9.17, 15) is 0 Å². The number of furan rings is 1. The number of fused-ring (bicyclic) bond motifs is 8. The first-order valence-electron chi connectivity index (χ1n) is 17.0. The maximum absolute atomic E-state index is 7.17. The van der Waals surface area contributed by atoms with Crippen molar-refractivity contribution in [2.24, 2.45) is 0 Å². The molecule has 0 spiro atoms. The van der Waals surface area contributed by atoms with E-state index in [1.807, 2.05) is 0 Å². The molecular formula is C46H29N3O. The second-order valence-electron chi connectivity index (χ2n) is 13.0. The van der Waals surface area contributed by atoms with Crippen LogP contribution in [0.3, 0.4) is 0 Å². The zero-order chi connectivity index (χ0) is 32.8. The molecule has 2 aromatic heterocycles. The van der Waals surface area contributed by atoms with E-state index in [0.29, 0.717) is 0 Å². The second-order valence-corrected chi connectivity index (χ2v) is 13.0. The number of anilines is 6. The van der Waals surface area contributed by atoms with Crippen LogP contribution in [0, 0.1) is 0 Å². The summed E-state index contributed by atoms with van der Waals surface area (Å²) >= 11 is 0. The Morgan fingerprint density at radius 2 is 0.940 bits per heavy atom. The van der Waals surface area contributed by atoms with Crippen LogP contribution < -0.4 is 9.80 Å². The Balaban J connectivity index is 1.37. The van der Waals surface area contributed by atoms with Crippen LogP contribution in [-0.2, 0) is 0 Å². The van der Waals surface area contributed by atoms with Crippen molar-refractivity contribution in [3.8, 4) is 5.69 Å². The highest BCUT2D eigenvalue weighted by molar-refractivity contribution is 6.22. The lowest BCUT2D eigenvalue weighted by Crippen LogP contribution is -2.16. The molecule has 10 aromatic rings. The van der Waals surface area contributed by atoms with Crippen LogP contribution in [0.15, 0.2) is 180 Å². The number of hydrogen-bond donors (Lipinski definition) is 0. The van der Waals surface area contributed by atoms with Crippen LogP contribution in [0.1, 0.15) is 0 Å². The number of rotatable bonds is 3. The van der Waals surface area contributed by atoms with Gasteiger partial charge < -0.3 is 18.8 Å². The molecule has 50 heavy (non-hydrogen) atoms. The Kier molecular flexibility index (Phi) is 5.63. The van der Waals surface area contributed by atoms with E-state index in [2.05, 4.69) is 190 Å². The number of nitrogens with zero attached hydrogens (tertiary/aromatic N) is 3. The van der Waals surface area contributed by atoms with Gasteiger partial charge >= 0.3 is 0 Å². The van der Waals surface area contributed by atoms with E-state index in [1.54, 1.807) is 0 Å². The fourth-order valence-corrected chi connectivity index (χ4v) is 8.13. The van der Waals surface area contributed by atoms with Crippen LogP contribution >= 0.6 is 0 Å². The van der Waals surface area contributed by atoms with Crippen LogP contribution in [0.5, 0.6) is 0 Å². The molecule has 0 N–H and O–H groups in total. The fourth-order valence-electron chi connectivity index (χ4n) is 8.13. The molecule has 8 aromatic carbocycles. The van der Waals surface area contributed by atoms with Gasteiger partial charge in [0.05, 0.1) is 33.8 Å². The van der Waals surface area contributed by atoms with Gasteiger partial charge in [0, 0.05) is 44.0 Å². The van der Waals surface area contributed by atoms with Gasteiger partial charge in [-0.3, -0.25) is 0 Å². The molecule has 4 nitrogen and oxygen atoms in total. The standard InChI is InChI=1S/C46H29N3O/c1-3-15-31(16-4-1)47-33-26-27-41(49-39-23-11-9-20-35(39)36-21-10-12-24-40(36)49)43(29-33)48(32-17-5-2-6-18-32)44-34-19-8-7-14-30(34)28-38-37-22-13-25-42(47)45(37)50-46(38)44/h1-29H. The third kappa shape index (κ3) is 3.76. The molecule has 0 aliphatic carbocycles. The molecule has 0 atom stereocenters. The fraction of sp³-hybridized carbons (Fsp3) is 0. The number of para-hydroxylation sites is 5. The van der Waals surface area contributed by atoms with Gasteiger partial charge in [-0.25, -0.2) is 0 Å². The summed E-state index contributed by atoms with van der Waals surface area (Å²) in [5.41, 5.74) is 11.4. The summed E-state index contributed by atoms with van der Waals surface area (Å²) in [6.45, 7) is 0. The van der Waals surface area contributed by atoms with Gasteiger partial charge in [-0.2, -0.15) is 0 Å². The molecule has 0 amide bonds. The first-order valence-corrected chi connectivity index (χ1v) is 17.0. The zero-order valence-corrected chi connectivity index (χ0v) is 27.0. The minimum atomic E-state index is 0.864. The average Bonchev–Trinajstić information content (AvgIpc) is 3.72. The van der Waals surface area contributed by atoms with Crippen molar-refractivity contribution in [2.45, 2.75) is 0 Å². The van der Waals surface area contributed by atoms with Gasteiger partial charge in [0.15, 0.2) is 11.2 Å². The predicted octanol–water partition coefficient (Wildman–Crippen LogP) is 13.1. The van der Waals surface area contributed by atoms with Gasteiger partial charge in [0.1, 0.15) is 0 Å². The topological polar surface area (TPSA) is 24.6 Å². The molecular weight excluding hydrogens is 611 g/mol. The molecule has 4 bridgehead atoms. The van der Waals surface area contributed by atoms with Crippen molar-refractivity contribution < 1.29 is 4.42 Å². The van der Waals surface area contributed by atoms with E-state index in [0.717, 1.165) is 83.6 Å². The number of aromatic nitrogens is 1. The molecule has 1 aliphatic heterocycles. The van der Waals surface area contributed by atoms with Gasteiger partial charge in [-0.05, 0) is 72.1 Å². The minimum Gasteiger partial charge on any atom is -0.452 e. The Hall–Kier alpha value is -6.78. The van der Waals surface area contributed by atoms with E-state index in [4.69, 9.17) is 4.42 Å². The highest BCUT2D eigenvalue weighted by atomic mass is 16.3. The van der Waals surface area contributed by atoms with E-state index in [-0.39, 0.29) is 0 Å².